The monoisotopic (exact) mass is 480 g/mol. The molecule has 36 heavy (non-hydrogen) atoms. The number of tetrazole rings is 1. The van der Waals surface area contributed by atoms with Gasteiger partial charge in [-0.15, -0.1) is 10.2 Å². The lowest BCUT2D eigenvalue weighted by Gasteiger charge is -2.18. The summed E-state index contributed by atoms with van der Waals surface area (Å²) in [5, 5.41) is 16.6. The highest BCUT2D eigenvalue weighted by molar-refractivity contribution is 5.96. The van der Waals surface area contributed by atoms with E-state index in [9.17, 15) is 9.59 Å². The summed E-state index contributed by atoms with van der Waals surface area (Å²) >= 11 is 0. The number of imidazole rings is 1. The Bertz CT molecular complexity index is 1480. The molecule has 3 aromatic carbocycles. The van der Waals surface area contributed by atoms with Crippen molar-refractivity contribution in [2.45, 2.75) is 13.1 Å². The summed E-state index contributed by atoms with van der Waals surface area (Å²) in [5.74, 6) is 0.171. The highest BCUT2D eigenvalue weighted by atomic mass is 16.2. The summed E-state index contributed by atoms with van der Waals surface area (Å²) in [6.45, 7) is 0.760. The first-order valence-corrected chi connectivity index (χ1v) is 11.4. The van der Waals surface area contributed by atoms with Crippen LogP contribution in [0.15, 0.2) is 78.9 Å². The highest BCUT2D eigenvalue weighted by Gasteiger charge is 2.19. The fourth-order valence-corrected chi connectivity index (χ4v) is 3.95. The van der Waals surface area contributed by atoms with E-state index >= 15 is 0 Å². The van der Waals surface area contributed by atoms with Crippen LogP contribution >= 0.6 is 0 Å². The van der Waals surface area contributed by atoms with E-state index in [1.165, 1.54) is 0 Å². The van der Waals surface area contributed by atoms with Crippen molar-refractivity contribution < 1.29 is 9.59 Å². The third-order valence-corrected chi connectivity index (χ3v) is 5.84. The van der Waals surface area contributed by atoms with Crippen LogP contribution in [0.3, 0.4) is 0 Å². The molecule has 0 spiro atoms. The largest absolute Gasteiger partial charge is 0.340 e. The Hall–Kier alpha value is -4.86. The number of para-hydroxylation sites is 2. The molecule has 2 heterocycles. The van der Waals surface area contributed by atoms with Crippen LogP contribution in [0.25, 0.3) is 22.4 Å². The Morgan fingerprint density at radius 2 is 1.69 bits per heavy atom. The SMILES string of the molecule is CN(Cc1ccc(-c2nn[nH]n2)cc1)C(=O)CNC(=O)c1nc2ccccc2n1Cc1ccccc1. The van der Waals surface area contributed by atoms with Crippen molar-refractivity contribution in [3.63, 3.8) is 0 Å². The molecular formula is C26H24N8O2. The minimum atomic E-state index is -0.395. The maximum atomic E-state index is 13.1. The summed E-state index contributed by atoms with van der Waals surface area (Å²) in [6.07, 6.45) is 0. The van der Waals surface area contributed by atoms with E-state index in [2.05, 4.69) is 30.9 Å². The zero-order valence-electron chi connectivity index (χ0n) is 19.6. The summed E-state index contributed by atoms with van der Waals surface area (Å²) in [7, 11) is 1.70. The molecule has 0 fully saturated rings. The van der Waals surface area contributed by atoms with Gasteiger partial charge >= 0.3 is 0 Å². The second-order valence-corrected chi connectivity index (χ2v) is 8.36. The number of likely N-dealkylation sites (N-methyl/N-ethyl adjacent to an activating group) is 1. The van der Waals surface area contributed by atoms with E-state index in [4.69, 9.17) is 0 Å². The predicted octanol–water partition coefficient (Wildman–Crippen LogP) is 2.65. The number of hydrogen-bond acceptors (Lipinski definition) is 6. The van der Waals surface area contributed by atoms with Crippen LogP contribution < -0.4 is 5.32 Å². The highest BCUT2D eigenvalue weighted by Crippen LogP contribution is 2.18. The number of rotatable bonds is 8. The number of aromatic amines is 1. The molecular weight excluding hydrogens is 456 g/mol. The molecule has 0 aliphatic carbocycles. The van der Waals surface area contributed by atoms with Gasteiger partial charge in [0.25, 0.3) is 5.91 Å². The molecule has 2 aromatic heterocycles. The lowest BCUT2D eigenvalue weighted by molar-refractivity contribution is -0.129. The summed E-state index contributed by atoms with van der Waals surface area (Å²) < 4.78 is 1.87. The minimum absolute atomic E-state index is 0.134. The third kappa shape index (κ3) is 4.97. The first-order valence-electron chi connectivity index (χ1n) is 11.4. The fourth-order valence-electron chi connectivity index (χ4n) is 3.95. The molecule has 0 radical (unpaired) electrons. The molecule has 5 aromatic rings. The van der Waals surface area contributed by atoms with Gasteiger partial charge in [-0.05, 0) is 28.5 Å². The van der Waals surface area contributed by atoms with Crippen molar-refractivity contribution in [1.82, 2.24) is 40.4 Å². The molecule has 0 aliphatic heterocycles. The Balaban J connectivity index is 1.24. The average Bonchev–Trinajstić information content (AvgIpc) is 3.57. The summed E-state index contributed by atoms with van der Waals surface area (Å²) in [4.78, 5) is 31.9. The van der Waals surface area contributed by atoms with Gasteiger partial charge in [-0.25, -0.2) is 4.98 Å². The number of fused-ring (bicyclic) bond motifs is 1. The van der Waals surface area contributed by atoms with Gasteiger partial charge < -0.3 is 14.8 Å². The number of benzene rings is 3. The van der Waals surface area contributed by atoms with Crippen LogP contribution in [0.5, 0.6) is 0 Å². The second kappa shape index (κ2) is 10.2. The van der Waals surface area contributed by atoms with E-state index < -0.39 is 5.91 Å². The molecule has 2 amide bonds. The van der Waals surface area contributed by atoms with Crippen LogP contribution in [0.4, 0.5) is 0 Å². The lowest BCUT2D eigenvalue weighted by Crippen LogP contribution is -2.38. The van der Waals surface area contributed by atoms with Gasteiger partial charge in [0.15, 0.2) is 5.82 Å². The van der Waals surface area contributed by atoms with E-state index in [0.29, 0.717) is 18.9 Å². The van der Waals surface area contributed by atoms with E-state index in [1.54, 1.807) is 11.9 Å². The van der Waals surface area contributed by atoms with Gasteiger partial charge in [-0.3, -0.25) is 9.59 Å². The van der Waals surface area contributed by atoms with Crippen molar-refractivity contribution in [1.29, 1.82) is 0 Å². The molecule has 0 bridgehead atoms. The van der Waals surface area contributed by atoms with Gasteiger partial charge in [0, 0.05) is 25.7 Å². The molecule has 0 unspecified atom stereocenters. The van der Waals surface area contributed by atoms with E-state index in [-0.39, 0.29) is 18.3 Å². The quantitative estimate of drug-likeness (QED) is 0.352. The summed E-state index contributed by atoms with van der Waals surface area (Å²) in [5.41, 5.74) is 4.41. The van der Waals surface area contributed by atoms with Crippen LogP contribution in [0, 0.1) is 0 Å². The zero-order valence-corrected chi connectivity index (χ0v) is 19.6. The van der Waals surface area contributed by atoms with E-state index in [1.807, 2.05) is 83.4 Å². The minimum Gasteiger partial charge on any atom is -0.340 e. The van der Waals surface area contributed by atoms with Crippen LogP contribution in [0.1, 0.15) is 21.7 Å². The van der Waals surface area contributed by atoms with E-state index in [0.717, 1.165) is 27.7 Å². The average molecular weight is 481 g/mol. The molecule has 2 N–H and O–H groups in total. The summed E-state index contributed by atoms with van der Waals surface area (Å²) in [6, 6.07) is 25.0. The molecule has 0 aliphatic rings. The number of aromatic nitrogens is 6. The number of carbonyl (C=O) groups excluding carboxylic acids is 2. The van der Waals surface area contributed by atoms with Crippen molar-refractivity contribution in [2.75, 3.05) is 13.6 Å². The Kier molecular flexibility index (Phi) is 6.48. The third-order valence-electron chi connectivity index (χ3n) is 5.84. The number of carbonyl (C=O) groups is 2. The standard InChI is InChI=1S/C26H24N8O2/c1-33(16-19-11-13-20(14-12-19)24-29-31-32-30-24)23(35)15-27-26(36)25-28-21-9-5-6-10-22(21)34(25)17-18-7-3-2-4-8-18/h2-14H,15-17H2,1H3,(H,27,36)(H,29,30,31,32). The van der Waals surface area contributed by atoms with Crippen molar-refractivity contribution >= 4 is 22.8 Å². The number of nitrogens with one attached hydrogen (secondary N) is 2. The van der Waals surface area contributed by atoms with Crippen molar-refractivity contribution in [3.8, 4) is 11.4 Å². The first-order chi connectivity index (χ1) is 17.6. The van der Waals surface area contributed by atoms with Gasteiger partial charge in [-0.2, -0.15) is 5.21 Å². The first kappa shape index (κ1) is 22.9. The topological polar surface area (TPSA) is 122 Å². The molecule has 10 nitrogen and oxygen atoms in total. The molecule has 180 valence electrons. The lowest BCUT2D eigenvalue weighted by atomic mass is 10.1. The van der Waals surface area contributed by atoms with Gasteiger partial charge in [-0.1, -0.05) is 66.7 Å². The van der Waals surface area contributed by atoms with Crippen LogP contribution in [0.2, 0.25) is 0 Å². The number of amides is 2. The normalized spacial score (nSPS) is 10.9. The van der Waals surface area contributed by atoms with Gasteiger partial charge in [0.2, 0.25) is 11.7 Å². The number of nitrogens with zero attached hydrogens (tertiary/aromatic N) is 6. The maximum absolute atomic E-state index is 13.1. The molecule has 0 saturated heterocycles. The zero-order chi connectivity index (χ0) is 24.9. The van der Waals surface area contributed by atoms with Crippen LogP contribution in [-0.2, 0) is 17.9 Å². The molecule has 10 heteroatoms. The Morgan fingerprint density at radius 1 is 0.944 bits per heavy atom. The molecule has 0 atom stereocenters. The second-order valence-electron chi connectivity index (χ2n) is 8.36. The Morgan fingerprint density at radius 3 is 2.44 bits per heavy atom. The Labute approximate surface area is 207 Å². The fraction of sp³-hybridized carbons (Fsp3) is 0.154. The van der Waals surface area contributed by atoms with Crippen LogP contribution in [-0.4, -0.2) is 60.5 Å². The van der Waals surface area contributed by atoms with Gasteiger partial charge in [0.05, 0.1) is 17.6 Å². The number of hydrogen-bond donors (Lipinski definition) is 2. The number of H-pyrrole nitrogens is 1. The van der Waals surface area contributed by atoms with Crippen molar-refractivity contribution in [2.24, 2.45) is 0 Å². The molecule has 0 saturated carbocycles. The molecule has 5 rings (SSSR count). The van der Waals surface area contributed by atoms with Gasteiger partial charge in [0.1, 0.15) is 0 Å². The predicted molar refractivity (Wildman–Crippen MR) is 134 cm³/mol. The van der Waals surface area contributed by atoms with Crippen molar-refractivity contribution in [3.05, 3.63) is 95.8 Å². The smallest absolute Gasteiger partial charge is 0.287 e. The maximum Gasteiger partial charge on any atom is 0.287 e.